The topological polar surface area (TPSA) is 62.3 Å². The van der Waals surface area contributed by atoms with E-state index in [9.17, 15) is 9.90 Å². The number of aliphatic hydroxyl groups excluding tert-OH is 1. The summed E-state index contributed by atoms with van der Waals surface area (Å²) in [4.78, 5) is 15.6. The Morgan fingerprint density at radius 3 is 2.62 bits per heavy atom. The number of ether oxygens (including phenoxy) is 1. The highest BCUT2D eigenvalue weighted by Crippen LogP contribution is 2.33. The van der Waals surface area contributed by atoms with Gasteiger partial charge in [0.15, 0.2) is 0 Å². The van der Waals surface area contributed by atoms with Crippen molar-refractivity contribution >= 4 is 16.9 Å². The Hall–Kier alpha value is -2.59. The molecule has 2 N–H and O–H groups in total. The summed E-state index contributed by atoms with van der Waals surface area (Å²) in [5.41, 5.74) is 3.67. The molecule has 0 aliphatic heterocycles. The van der Waals surface area contributed by atoms with E-state index in [1.807, 2.05) is 36.5 Å². The number of nitrogens with one attached hydrogen (secondary N) is 1. The third-order valence-corrected chi connectivity index (χ3v) is 5.84. The minimum atomic E-state index is -0.316. The molecule has 1 heterocycles. The first-order chi connectivity index (χ1) is 14.2. The highest BCUT2D eigenvalue weighted by Gasteiger charge is 2.25. The number of aliphatic hydroxyl groups is 1. The van der Waals surface area contributed by atoms with Gasteiger partial charge in [0.2, 0.25) is 0 Å². The van der Waals surface area contributed by atoms with E-state index in [1.54, 1.807) is 0 Å². The predicted octanol–water partition coefficient (Wildman–Crippen LogP) is 5.47. The van der Waals surface area contributed by atoms with Crippen molar-refractivity contribution in [2.45, 2.75) is 44.9 Å². The Kier molecular flexibility index (Phi) is 7.48. The van der Waals surface area contributed by atoms with Crippen LogP contribution in [0.4, 0.5) is 0 Å². The number of esters is 1. The number of aromatic nitrogens is 1. The standard InChI is InChI=1S/C25H31NO3/c1-3-4-6-11-19(23(17-27)18-9-7-5-8-10-18)14-21-15-20-12-13-26-24(20)16-22(21)25(28)29-2/h5,7-10,12-13,15-16,19,23,26-27H,3-4,6,11,14,17H2,1-2H3. The Balaban J connectivity index is 1.97. The van der Waals surface area contributed by atoms with Crippen molar-refractivity contribution in [3.05, 3.63) is 71.4 Å². The highest BCUT2D eigenvalue weighted by molar-refractivity contribution is 5.96. The molecule has 2 aromatic carbocycles. The number of fused-ring (bicyclic) bond motifs is 1. The smallest absolute Gasteiger partial charge is 0.338 e. The molecule has 0 fully saturated rings. The van der Waals surface area contributed by atoms with E-state index >= 15 is 0 Å². The second-order valence-electron chi connectivity index (χ2n) is 7.73. The second kappa shape index (κ2) is 10.3. The fourth-order valence-electron chi connectivity index (χ4n) is 4.23. The van der Waals surface area contributed by atoms with Gasteiger partial charge in [0.1, 0.15) is 0 Å². The van der Waals surface area contributed by atoms with Crippen molar-refractivity contribution in [1.29, 1.82) is 0 Å². The molecule has 3 aromatic rings. The molecule has 0 saturated heterocycles. The number of carbonyl (C=O) groups is 1. The lowest BCUT2D eigenvalue weighted by Gasteiger charge is -2.27. The molecule has 0 aliphatic carbocycles. The number of hydrogen-bond acceptors (Lipinski definition) is 3. The summed E-state index contributed by atoms with van der Waals surface area (Å²) in [6, 6.07) is 16.2. The van der Waals surface area contributed by atoms with Gasteiger partial charge in [-0.05, 0) is 53.5 Å². The molecule has 3 rings (SSSR count). The van der Waals surface area contributed by atoms with Crippen molar-refractivity contribution < 1.29 is 14.6 Å². The molecule has 0 amide bonds. The number of benzene rings is 2. The molecule has 4 heteroatoms. The van der Waals surface area contributed by atoms with Gasteiger partial charge in [-0.15, -0.1) is 0 Å². The number of carbonyl (C=O) groups excluding carboxylic acids is 1. The van der Waals surface area contributed by atoms with E-state index in [2.05, 4.69) is 30.1 Å². The van der Waals surface area contributed by atoms with Gasteiger partial charge >= 0.3 is 5.97 Å². The number of methoxy groups -OCH3 is 1. The maximum absolute atomic E-state index is 12.5. The molecule has 0 saturated carbocycles. The lowest BCUT2D eigenvalue weighted by Crippen LogP contribution is -2.21. The fraction of sp³-hybridized carbons (Fsp3) is 0.400. The molecule has 29 heavy (non-hydrogen) atoms. The van der Waals surface area contributed by atoms with Crippen LogP contribution in [0.25, 0.3) is 10.9 Å². The lowest BCUT2D eigenvalue weighted by molar-refractivity contribution is 0.0599. The van der Waals surface area contributed by atoms with Gasteiger partial charge in [-0.25, -0.2) is 4.79 Å². The van der Waals surface area contributed by atoms with Crippen molar-refractivity contribution in [3.63, 3.8) is 0 Å². The molecule has 154 valence electrons. The second-order valence-corrected chi connectivity index (χ2v) is 7.73. The maximum atomic E-state index is 12.5. The molecule has 1 aromatic heterocycles. The molecule has 0 bridgehead atoms. The van der Waals surface area contributed by atoms with Crippen molar-refractivity contribution in [1.82, 2.24) is 4.98 Å². The van der Waals surface area contributed by atoms with Crippen molar-refractivity contribution in [2.75, 3.05) is 13.7 Å². The first-order valence-electron chi connectivity index (χ1n) is 10.5. The Morgan fingerprint density at radius 2 is 1.93 bits per heavy atom. The maximum Gasteiger partial charge on any atom is 0.338 e. The first-order valence-corrected chi connectivity index (χ1v) is 10.5. The Bertz CT molecular complexity index is 916. The summed E-state index contributed by atoms with van der Waals surface area (Å²) in [5.74, 6) is -0.0294. The summed E-state index contributed by atoms with van der Waals surface area (Å²) in [7, 11) is 1.42. The van der Waals surface area contributed by atoms with Gasteiger partial charge in [-0.1, -0.05) is 56.5 Å². The summed E-state index contributed by atoms with van der Waals surface area (Å²) in [5, 5.41) is 11.3. The molecule has 0 radical (unpaired) electrons. The van der Waals surface area contributed by atoms with Crippen LogP contribution in [0.5, 0.6) is 0 Å². The normalized spacial score (nSPS) is 13.3. The molecule has 2 atom stereocenters. The van der Waals surface area contributed by atoms with Crippen LogP contribution < -0.4 is 0 Å². The van der Waals surface area contributed by atoms with Crippen LogP contribution in [0.3, 0.4) is 0 Å². The van der Waals surface area contributed by atoms with E-state index < -0.39 is 0 Å². The average Bonchev–Trinajstić information content (AvgIpc) is 3.21. The molecule has 2 unspecified atom stereocenters. The van der Waals surface area contributed by atoms with Crippen LogP contribution in [-0.4, -0.2) is 29.8 Å². The molecule has 0 aliphatic rings. The van der Waals surface area contributed by atoms with Gasteiger partial charge in [0.05, 0.1) is 19.3 Å². The average molecular weight is 394 g/mol. The summed E-state index contributed by atoms with van der Waals surface area (Å²) in [6.07, 6.45) is 7.07. The van der Waals surface area contributed by atoms with E-state index in [0.29, 0.717) is 5.56 Å². The largest absolute Gasteiger partial charge is 0.465 e. The number of H-pyrrole nitrogens is 1. The first kappa shape index (κ1) is 21.1. The molecular weight excluding hydrogens is 362 g/mol. The van der Waals surface area contributed by atoms with Gasteiger partial charge in [-0.2, -0.15) is 0 Å². The minimum absolute atomic E-state index is 0.0421. The fourth-order valence-corrected chi connectivity index (χ4v) is 4.23. The number of rotatable bonds is 10. The third kappa shape index (κ3) is 5.07. The minimum Gasteiger partial charge on any atom is -0.465 e. The molecular formula is C25H31NO3. The zero-order valence-electron chi connectivity index (χ0n) is 17.4. The number of unbranched alkanes of at least 4 members (excludes halogenated alkanes) is 2. The van der Waals surface area contributed by atoms with E-state index in [0.717, 1.165) is 47.7 Å². The van der Waals surface area contributed by atoms with Crippen LogP contribution >= 0.6 is 0 Å². The third-order valence-electron chi connectivity index (χ3n) is 5.84. The predicted molar refractivity (Wildman–Crippen MR) is 117 cm³/mol. The number of hydrogen-bond donors (Lipinski definition) is 2. The molecule has 4 nitrogen and oxygen atoms in total. The van der Waals surface area contributed by atoms with Crippen LogP contribution in [0.15, 0.2) is 54.7 Å². The van der Waals surface area contributed by atoms with E-state index in [-0.39, 0.29) is 24.4 Å². The van der Waals surface area contributed by atoms with E-state index in [4.69, 9.17) is 4.74 Å². The van der Waals surface area contributed by atoms with Gasteiger partial charge in [-0.3, -0.25) is 0 Å². The van der Waals surface area contributed by atoms with Gasteiger partial charge in [0.25, 0.3) is 0 Å². The van der Waals surface area contributed by atoms with E-state index in [1.165, 1.54) is 13.5 Å². The Morgan fingerprint density at radius 1 is 1.14 bits per heavy atom. The Labute approximate surface area is 172 Å². The van der Waals surface area contributed by atoms with Crippen molar-refractivity contribution in [2.24, 2.45) is 5.92 Å². The number of aromatic amines is 1. The lowest BCUT2D eigenvalue weighted by atomic mass is 9.78. The monoisotopic (exact) mass is 393 g/mol. The van der Waals surface area contributed by atoms with Crippen LogP contribution in [0, 0.1) is 5.92 Å². The van der Waals surface area contributed by atoms with Gasteiger partial charge in [0, 0.05) is 17.6 Å². The summed E-state index contributed by atoms with van der Waals surface area (Å²) >= 11 is 0. The quantitative estimate of drug-likeness (QED) is 0.355. The highest BCUT2D eigenvalue weighted by atomic mass is 16.5. The summed E-state index contributed by atoms with van der Waals surface area (Å²) in [6.45, 7) is 2.30. The summed E-state index contributed by atoms with van der Waals surface area (Å²) < 4.78 is 5.05. The zero-order chi connectivity index (χ0) is 20.6. The van der Waals surface area contributed by atoms with Gasteiger partial charge < -0.3 is 14.8 Å². The van der Waals surface area contributed by atoms with Crippen LogP contribution in [0.1, 0.15) is 60.0 Å². The van der Waals surface area contributed by atoms with Crippen molar-refractivity contribution in [3.8, 4) is 0 Å². The zero-order valence-corrected chi connectivity index (χ0v) is 17.4. The molecule has 0 spiro atoms. The SMILES string of the molecule is CCCCCC(Cc1cc2cc[nH]c2cc1C(=O)OC)C(CO)c1ccccc1. The van der Waals surface area contributed by atoms with Crippen LogP contribution in [-0.2, 0) is 11.2 Å². The van der Waals surface area contributed by atoms with Crippen LogP contribution in [0.2, 0.25) is 0 Å².